The smallest absolute Gasteiger partial charge is 0.289 e. The average Bonchev–Trinajstić information content (AvgIpc) is 2.68. The van der Waals surface area contributed by atoms with Gasteiger partial charge in [-0.15, -0.1) is 0 Å². The second-order valence-corrected chi connectivity index (χ2v) is 5.92. The van der Waals surface area contributed by atoms with Crippen LogP contribution in [0.2, 0.25) is 0 Å². The molecular formula is C14H18F2N4. The van der Waals surface area contributed by atoms with Crippen LogP contribution in [0.25, 0.3) is 0 Å². The van der Waals surface area contributed by atoms with Gasteiger partial charge in [-0.3, -0.25) is 4.68 Å². The molecule has 0 radical (unpaired) electrons. The van der Waals surface area contributed by atoms with Gasteiger partial charge in [0.2, 0.25) is 0 Å². The molecule has 108 valence electrons. The molecule has 0 amide bonds. The molecule has 3 rings (SSSR count). The molecule has 1 aromatic heterocycles. The van der Waals surface area contributed by atoms with Crippen molar-refractivity contribution in [2.75, 3.05) is 13.6 Å². The fourth-order valence-electron chi connectivity index (χ4n) is 3.24. The molecule has 1 unspecified atom stereocenters. The number of aromatic nitrogens is 2. The van der Waals surface area contributed by atoms with Gasteiger partial charge in [0.1, 0.15) is 5.69 Å². The Balaban J connectivity index is 2.04. The van der Waals surface area contributed by atoms with Gasteiger partial charge < -0.3 is 4.90 Å². The molecule has 2 aliphatic rings. The highest BCUT2D eigenvalue weighted by Crippen LogP contribution is 2.41. The number of likely N-dealkylation sites (N-methyl/N-ethyl adjacent to an activating group) is 1. The Morgan fingerprint density at radius 3 is 3.05 bits per heavy atom. The minimum absolute atomic E-state index is 0.0220. The van der Waals surface area contributed by atoms with E-state index in [2.05, 4.69) is 16.1 Å². The molecule has 0 aliphatic carbocycles. The van der Waals surface area contributed by atoms with E-state index in [0.29, 0.717) is 31.5 Å². The zero-order valence-corrected chi connectivity index (χ0v) is 11.6. The maximum Gasteiger partial charge on any atom is 0.289 e. The minimum atomic E-state index is -2.83. The summed E-state index contributed by atoms with van der Waals surface area (Å²) in [5.41, 5.74) is 1.62. The van der Waals surface area contributed by atoms with E-state index in [9.17, 15) is 8.78 Å². The second-order valence-electron chi connectivity index (χ2n) is 5.92. The van der Waals surface area contributed by atoms with Gasteiger partial charge in [0, 0.05) is 44.5 Å². The van der Waals surface area contributed by atoms with Gasteiger partial charge >= 0.3 is 0 Å². The van der Waals surface area contributed by atoms with Crippen molar-refractivity contribution in [3.8, 4) is 6.07 Å². The lowest BCUT2D eigenvalue weighted by molar-refractivity contribution is -0.0218. The van der Waals surface area contributed by atoms with Crippen LogP contribution in [0.1, 0.15) is 36.2 Å². The Morgan fingerprint density at radius 1 is 1.50 bits per heavy atom. The van der Waals surface area contributed by atoms with Gasteiger partial charge in [-0.1, -0.05) is 0 Å². The van der Waals surface area contributed by atoms with Crippen LogP contribution in [0.5, 0.6) is 0 Å². The minimum Gasteiger partial charge on any atom is -0.302 e. The maximum atomic E-state index is 14.5. The Morgan fingerprint density at radius 2 is 2.30 bits per heavy atom. The number of nitrogens with zero attached hydrogens (tertiary/aromatic N) is 4. The van der Waals surface area contributed by atoms with E-state index in [1.54, 1.807) is 0 Å². The highest BCUT2D eigenvalue weighted by atomic mass is 19.3. The zero-order chi connectivity index (χ0) is 14.3. The third kappa shape index (κ3) is 2.20. The summed E-state index contributed by atoms with van der Waals surface area (Å²) >= 11 is 0. The Hall–Kier alpha value is -1.48. The number of hydrogen-bond donors (Lipinski definition) is 0. The van der Waals surface area contributed by atoms with Crippen LogP contribution >= 0.6 is 0 Å². The number of halogens is 2. The number of fused-ring (bicyclic) bond motifs is 3. The van der Waals surface area contributed by atoms with Crippen molar-refractivity contribution in [3.63, 3.8) is 0 Å². The fraction of sp³-hybridized carbons (Fsp3) is 0.714. The first-order chi connectivity index (χ1) is 9.51. The van der Waals surface area contributed by atoms with Gasteiger partial charge in [-0.25, -0.2) is 0 Å². The third-order valence-electron chi connectivity index (χ3n) is 4.32. The van der Waals surface area contributed by atoms with Crippen molar-refractivity contribution in [2.24, 2.45) is 5.92 Å². The first-order valence-electron chi connectivity index (χ1n) is 7.03. The number of hydrogen-bond acceptors (Lipinski definition) is 3. The summed E-state index contributed by atoms with van der Waals surface area (Å²) in [6.45, 7) is 1.84. The Labute approximate surface area is 117 Å². The molecule has 0 fully saturated rings. The summed E-state index contributed by atoms with van der Waals surface area (Å²) in [5, 5.41) is 13.2. The van der Waals surface area contributed by atoms with Crippen molar-refractivity contribution >= 4 is 0 Å². The van der Waals surface area contributed by atoms with Gasteiger partial charge in [-0.2, -0.15) is 19.1 Å². The molecule has 0 N–H and O–H groups in total. The van der Waals surface area contributed by atoms with Crippen LogP contribution in [0.15, 0.2) is 0 Å². The fourth-order valence-corrected chi connectivity index (χ4v) is 3.24. The summed E-state index contributed by atoms with van der Waals surface area (Å²) in [6.07, 6.45) is 1.25. The van der Waals surface area contributed by atoms with Crippen LogP contribution in [0, 0.1) is 17.2 Å². The van der Waals surface area contributed by atoms with Gasteiger partial charge in [0.05, 0.1) is 11.8 Å². The summed E-state index contributed by atoms with van der Waals surface area (Å²) in [7, 11) is 1.94. The lowest BCUT2D eigenvalue weighted by Gasteiger charge is -2.24. The Kier molecular flexibility index (Phi) is 3.25. The van der Waals surface area contributed by atoms with Gasteiger partial charge in [-0.05, 0) is 19.4 Å². The van der Waals surface area contributed by atoms with Crippen molar-refractivity contribution in [2.45, 2.75) is 44.7 Å². The molecule has 1 atom stereocenters. The van der Waals surface area contributed by atoms with Crippen LogP contribution < -0.4 is 0 Å². The molecule has 0 saturated carbocycles. The first-order valence-corrected chi connectivity index (χ1v) is 7.03. The topological polar surface area (TPSA) is 44.9 Å². The quantitative estimate of drug-likeness (QED) is 0.793. The van der Waals surface area contributed by atoms with Crippen LogP contribution in [-0.2, 0) is 25.4 Å². The predicted octanol–water partition coefficient (Wildman–Crippen LogP) is 2.29. The van der Waals surface area contributed by atoms with Crippen LogP contribution in [-0.4, -0.2) is 28.3 Å². The van der Waals surface area contributed by atoms with Gasteiger partial charge in [0.25, 0.3) is 5.92 Å². The predicted molar refractivity (Wildman–Crippen MR) is 69.1 cm³/mol. The molecule has 0 saturated heterocycles. The summed E-state index contributed by atoms with van der Waals surface area (Å²) in [5.74, 6) is -2.85. The third-order valence-corrected chi connectivity index (χ3v) is 4.32. The molecule has 6 heteroatoms. The SMILES string of the molecule is CN1CCc2nn3c(c2C1)C(F)(F)CCC(CC#N)C3. The van der Waals surface area contributed by atoms with Crippen molar-refractivity contribution < 1.29 is 8.78 Å². The van der Waals surface area contributed by atoms with E-state index in [1.165, 1.54) is 4.68 Å². The molecule has 0 aromatic carbocycles. The van der Waals surface area contributed by atoms with Crippen molar-refractivity contribution in [1.29, 1.82) is 5.26 Å². The van der Waals surface area contributed by atoms with E-state index in [4.69, 9.17) is 5.26 Å². The molecule has 2 aliphatic heterocycles. The van der Waals surface area contributed by atoms with Gasteiger partial charge in [0.15, 0.2) is 0 Å². The molecule has 0 bridgehead atoms. The molecule has 0 spiro atoms. The highest BCUT2D eigenvalue weighted by molar-refractivity contribution is 5.32. The normalized spacial score (nSPS) is 25.4. The highest BCUT2D eigenvalue weighted by Gasteiger charge is 2.43. The second kappa shape index (κ2) is 4.81. The van der Waals surface area contributed by atoms with Crippen molar-refractivity contribution in [3.05, 3.63) is 17.0 Å². The van der Waals surface area contributed by atoms with E-state index < -0.39 is 5.92 Å². The zero-order valence-electron chi connectivity index (χ0n) is 11.6. The van der Waals surface area contributed by atoms with Crippen LogP contribution in [0.3, 0.4) is 0 Å². The molecule has 20 heavy (non-hydrogen) atoms. The number of alkyl halides is 2. The van der Waals surface area contributed by atoms with E-state index in [0.717, 1.165) is 18.7 Å². The average molecular weight is 280 g/mol. The summed E-state index contributed by atoms with van der Waals surface area (Å²) < 4.78 is 30.4. The number of rotatable bonds is 1. The molecule has 4 nitrogen and oxygen atoms in total. The first kappa shape index (κ1) is 13.5. The van der Waals surface area contributed by atoms with E-state index >= 15 is 0 Å². The molecule has 1 aromatic rings. The monoisotopic (exact) mass is 280 g/mol. The van der Waals surface area contributed by atoms with E-state index in [-0.39, 0.29) is 18.0 Å². The largest absolute Gasteiger partial charge is 0.302 e. The lowest BCUT2D eigenvalue weighted by Crippen LogP contribution is -2.28. The summed E-state index contributed by atoms with van der Waals surface area (Å²) in [4.78, 5) is 2.05. The Bertz CT molecular complexity index is 558. The molecule has 3 heterocycles. The van der Waals surface area contributed by atoms with E-state index in [1.807, 2.05) is 7.05 Å². The summed E-state index contributed by atoms with van der Waals surface area (Å²) in [6, 6.07) is 2.10. The van der Waals surface area contributed by atoms with Crippen LogP contribution in [0.4, 0.5) is 8.78 Å². The standard InChI is InChI=1S/C14H18F2N4/c1-19-7-4-12-11(9-19)13-14(15,16)5-2-10(3-6-17)8-20(13)18-12/h10H,2-5,7-9H2,1H3. The maximum absolute atomic E-state index is 14.5. The van der Waals surface area contributed by atoms with Crippen molar-refractivity contribution in [1.82, 2.24) is 14.7 Å². The lowest BCUT2D eigenvalue weighted by atomic mass is 9.97. The number of nitriles is 1. The molecular weight excluding hydrogens is 262 g/mol.